The van der Waals surface area contributed by atoms with Crippen LogP contribution in [0.5, 0.6) is 0 Å². The molecule has 5 rings (SSSR count). The Bertz CT molecular complexity index is 1680. The van der Waals surface area contributed by atoms with Gasteiger partial charge >= 0.3 is 0 Å². The maximum absolute atomic E-state index is 15.2. The third kappa shape index (κ3) is 5.54. The average molecular weight is 573 g/mol. The van der Waals surface area contributed by atoms with Crippen LogP contribution in [0.1, 0.15) is 35.8 Å². The Morgan fingerprint density at radius 3 is 2.52 bits per heavy atom. The number of sulfone groups is 1. The topological polar surface area (TPSA) is 131 Å². The number of halogens is 2. The van der Waals surface area contributed by atoms with E-state index in [9.17, 15) is 12.8 Å². The molecule has 2 N–H and O–H groups in total. The van der Waals surface area contributed by atoms with Crippen LogP contribution >= 0.6 is 0 Å². The molecule has 1 aliphatic carbocycles. The number of hydrogen-bond acceptors (Lipinski definition) is 9. The number of methoxy groups -OCH3 is 1. The second kappa shape index (κ2) is 10.6. The first-order chi connectivity index (χ1) is 19.0. The number of imidazole rings is 1. The number of nitrogens with one attached hydrogen (secondary N) is 2. The van der Waals surface area contributed by atoms with Gasteiger partial charge in [-0.25, -0.2) is 27.2 Å². The molecule has 14 heteroatoms. The fraction of sp³-hybridized carbons (Fsp3) is 0.385. The third-order valence-electron chi connectivity index (χ3n) is 6.69. The molecule has 212 valence electrons. The predicted molar refractivity (Wildman–Crippen MR) is 146 cm³/mol. The molecular weight excluding hydrogens is 542 g/mol. The van der Waals surface area contributed by atoms with Gasteiger partial charge in [-0.1, -0.05) is 0 Å². The molecule has 1 aromatic carbocycles. The Kier molecular flexibility index (Phi) is 7.31. The van der Waals surface area contributed by atoms with Gasteiger partial charge in [0.2, 0.25) is 5.95 Å². The van der Waals surface area contributed by atoms with Crippen molar-refractivity contribution in [2.24, 2.45) is 0 Å². The normalized spacial score (nSPS) is 13.6. The van der Waals surface area contributed by atoms with Crippen molar-refractivity contribution in [2.45, 2.75) is 44.0 Å². The fourth-order valence-corrected chi connectivity index (χ4v) is 5.20. The van der Waals surface area contributed by atoms with Gasteiger partial charge in [0.15, 0.2) is 15.7 Å². The number of nitrogens with zero attached hydrogens (tertiary/aromatic N) is 6. The highest BCUT2D eigenvalue weighted by Crippen LogP contribution is 2.48. The summed E-state index contributed by atoms with van der Waals surface area (Å²) in [5, 5.41) is 10.4. The molecule has 0 spiro atoms. The monoisotopic (exact) mass is 572 g/mol. The minimum absolute atomic E-state index is 0.0589. The second-order valence-electron chi connectivity index (χ2n) is 9.89. The number of rotatable bonds is 10. The summed E-state index contributed by atoms with van der Waals surface area (Å²) in [6, 6.07) is 3.32. The molecule has 3 heterocycles. The number of benzene rings is 1. The number of aromatic amines is 1. The standard InChI is InChI=1S/C26H30F2N8O3S/c1-14-10-22(34-33-14)30-25-23(16-6-7-16)24(19-13-36(8-9-39-4)15(2)29-19)31-26(32-25)35(3)20-11-18(28)21(12-17(20)27)40(5,37)38/h10-13,16H,6-9H2,1-5H3,(H2,30,31,32,33,34). The minimum atomic E-state index is -3.97. The average Bonchev–Trinajstić information content (AvgIpc) is 3.55. The van der Waals surface area contributed by atoms with Crippen LogP contribution in [0.2, 0.25) is 0 Å². The molecule has 0 bridgehead atoms. The third-order valence-corrected chi connectivity index (χ3v) is 7.80. The Morgan fingerprint density at radius 2 is 1.90 bits per heavy atom. The van der Waals surface area contributed by atoms with Crippen molar-refractivity contribution in [3.63, 3.8) is 0 Å². The lowest BCUT2D eigenvalue weighted by molar-refractivity contribution is 0.186. The van der Waals surface area contributed by atoms with E-state index < -0.39 is 26.4 Å². The summed E-state index contributed by atoms with van der Waals surface area (Å²) >= 11 is 0. The van der Waals surface area contributed by atoms with Crippen LogP contribution < -0.4 is 10.2 Å². The molecule has 11 nitrogen and oxygen atoms in total. The predicted octanol–water partition coefficient (Wildman–Crippen LogP) is 4.40. The summed E-state index contributed by atoms with van der Waals surface area (Å²) in [7, 11) is -0.852. The van der Waals surface area contributed by atoms with Gasteiger partial charge < -0.3 is 19.5 Å². The van der Waals surface area contributed by atoms with Crippen molar-refractivity contribution in [1.82, 2.24) is 29.7 Å². The molecule has 0 radical (unpaired) electrons. The number of aryl methyl sites for hydroxylation is 2. The van der Waals surface area contributed by atoms with E-state index >= 15 is 4.39 Å². The Labute approximate surface area is 230 Å². The molecule has 0 unspecified atom stereocenters. The van der Waals surface area contributed by atoms with Gasteiger partial charge in [0.05, 0.1) is 12.3 Å². The summed E-state index contributed by atoms with van der Waals surface area (Å²) in [6.45, 7) is 4.86. The van der Waals surface area contributed by atoms with Crippen molar-refractivity contribution in [1.29, 1.82) is 0 Å². The summed E-state index contributed by atoms with van der Waals surface area (Å²) < 4.78 is 60.9. The molecule has 0 aliphatic heterocycles. The quantitative estimate of drug-likeness (QED) is 0.284. The van der Waals surface area contributed by atoms with E-state index in [0.717, 1.165) is 42.2 Å². The first-order valence-corrected chi connectivity index (χ1v) is 14.5. The highest BCUT2D eigenvalue weighted by Gasteiger charge is 2.34. The van der Waals surface area contributed by atoms with Crippen molar-refractivity contribution >= 4 is 33.1 Å². The van der Waals surface area contributed by atoms with Crippen molar-refractivity contribution in [3.05, 3.63) is 53.1 Å². The molecular formula is C26H30F2N8O3S. The van der Waals surface area contributed by atoms with Gasteiger partial charge in [-0.3, -0.25) is 5.10 Å². The molecule has 0 atom stereocenters. The molecule has 4 aromatic rings. The van der Waals surface area contributed by atoms with Gasteiger partial charge in [-0.2, -0.15) is 10.1 Å². The van der Waals surface area contributed by atoms with Crippen LogP contribution in [0, 0.1) is 25.5 Å². The van der Waals surface area contributed by atoms with Crippen molar-refractivity contribution < 1.29 is 21.9 Å². The SMILES string of the molecule is COCCn1cc(-c2nc(N(C)c3cc(F)c(S(C)(=O)=O)cc3F)nc(Nc3cc(C)[nH]n3)c2C2CC2)nc1C. The zero-order valence-electron chi connectivity index (χ0n) is 22.8. The first kappa shape index (κ1) is 27.6. The van der Waals surface area contributed by atoms with Gasteiger partial charge in [0, 0.05) is 56.5 Å². The van der Waals surface area contributed by atoms with Crippen LogP contribution in [-0.2, 0) is 21.1 Å². The molecule has 1 saturated carbocycles. The Hall–Kier alpha value is -3.91. The lowest BCUT2D eigenvalue weighted by atomic mass is 10.1. The number of anilines is 4. The van der Waals surface area contributed by atoms with E-state index in [1.54, 1.807) is 7.11 Å². The summed E-state index contributed by atoms with van der Waals surface area (Å²) in [5.41, 5.74) is 2.64. The lowest BCUT2D eigenvalue weighted by Gasteiger charge is -2.22. The summed E-state index contributed by atoms with van der Waals surface area (Å²) in [4.78, 5) is 14.8. The Balaban J connectivity index is 1.67. The summed E-state index contributed by atoms with van der Waals surface area (Å²) in [5.74, 6) is 0.0153. The number of hydrogen-bond donors (Lipinski definition) is 2. The Morgan fingerprint density at radius 1 is 1.15 bits per heavy atom. The molecule has 0 saturated heterocycles. The van der Waals surface area contributed by atoms with Gasteiger partial charge in [0.25, 0.3) is 0 Å². The zero-order valence-corrected chi connectivity index (χ0v) is 23.6. The van der Waals surface area contributed by atoms with Gasteiger partial charge in [-0.15, -0.1) is 0 Å². The number of ether oxygens (including phenoxy) is 1. The number of aromatic nitrogens is 6. The van der Waals surface area contributed by atoms with Crippen molar-refractivity contribution in [3.8, 4) is 11.4 Å². The zero-order chi connectivity index (χ0) is 28.8. The summed E-state index contributed by atoms with van der Waals surface area (Å²) in [6.07, 6.45) is 4.59. The molecule has 40 heavy (non-hydrogen) atoms. The van der Waals surface area contributed by atoms with E-state index in [0.29, 0.717) is 42.2 Å². The van der Waals surface area contributed by atoms with E-state index in [4.69, 9.17) is 19.7 Å². The van der Waals surface area contributed by atoms with Crippen LogP contribution in [0.15, 0.2) is 29.3 Å². The van der Waals surface area contributed by atoms with Crippen LogP contribution in [0.25, 0.3) is 11.4 Å². The second-order valence-corrected chi connectivity index (χ2v) is 11.9. The molecule has 1 fully saturated rings. The van der Waals surface area contributed by atoms with E-state index in [-0.39, 0.29) is 17.6 Å². The van der Waals surface area contributed by atoms with Gasteiger partial charge in [-0.05, 0) is 38.7 Å². The highest BCUT2D eigenvalue weighted by molar-refractivity contribution is 7.90. The smallest absolute Gasteiger partial charge is 0.232 e. The molecule has 0 amide bonds. The van der Waals surface area contributed by atoms with Crippen molar-refractivity contribution in [2.75, 3.05) is 37.2 Å². The lowest BCUT2D eigenvalue weighted by Crippen LogP contribution is -2.18. The maximum atomic E-state index is 15.2. The number of H-pyrrole nitrogens is 1. The maximum Gasteiger partial charge on any atom is 0.232 e. The largest absolute Gasteiger partial charge is 0.383 e. The molecule has 3 aromatic heterocycles. The molecule has 1 aliphatic rings. The van der Waals surface area contributed by atoms with Crippen LogP contribution in [0.4, 0.5) is 32.1 Å². The van der Waals surface area contributed by atoms with Crippen LogP contribution in [-0.4, -0.2) is 65.2 Å². The minimum Gasteiger partial charge on any atom is -0.383 e. The van der Waals surface area contributed by atoms with E-state index in [1.165, 1.54) is 11.9 Å². The van der Waals surface area contributed by atoms with E-state index in [1.807, 2.05) is 30.7 Å². The van der Waals surface area contributed by atoms with Gasteiger partial charge in [0.1, 0.15) is 39.6 Å². The fourth-order valence-electron chi connectivity index (χ4n) is 4.47. The van der Waals surface area contributed by atoms with E-state index in [2.05, 4.69) is 15.5 Å². The van der Waals surface area contributed by atoms with Crippen LogP contribution in [0.3, 0.4) is 0 Å². The first-order valence-electron chi connectivity index (χ1n) is 12.6. The highest BCUT2D eigenvalue weighted by atomic mass is 32.2.